The van der Waals surface area contributed by atoms with E-state index in [1.165, 1.54) is 32.3 Å². The van der Waals surface area contributed by atoms with Crippen LogP contribution in [0.5, 0.6) is 0 Å². The van der Waals surface area contributed by atoms with Gasteiger partial charge in [-0.15, -0.1) is 0 Å². The van der Waals surface area contributed by atoms with E-state index in [1.54, 1.807) is 0 Å². The molecule has 316 valence electrons. The van der Waals surface area contributed by atoms with Crippen LogP contribution < -0.4 is 0 Å². The fraction of sp³-hybridized carbons (Fsp3) is 0. The lowest BCUT2D eigenvalue weighted by molar-refractivity contribution is 0.669. The Morgan fingerprint density at radius 1 is 0.279 bits per heavy atom. The van der Waals surface area contributed by atoms with Gasteiger partial charge in [-0.05, 0) is 97.7 Å². The smallest absolute Gasteiger partial charge is 0.164 e. The zero-order valence-electron chi connectivity index (χ0n) is 36.6. The lowest BCUT2D eigenvalue weighted by Crippen LogP contribution is -2.00. The summed E-state index contributed by atoms with van der Waals surface area (Å²) in [7, 11) is 0. The van der Waals surface area contributed by atoms with Crippen molar-refractivity contribution in [1.82, 2.24) is 19.5 Å². The molecule has 0 saturated heterocycles. The third kappa shape index (κ3) is 6.21. The van der Waals surface area contributed by atoms with E-state index in [0.29, 0.717) is 17.5 Å². The molecule has 3 aromatic heterocycles. The van der Waals surface area contributed by atoms with Crippen LogP contribution in [0, 0.1) is 0 Å². The summed E-state index contributed by atoms with van der Waals surface area (Å²) in [6.07, 6.45) is 0. The summed E-state index contributed by atoms with van der Waals surface area (Å²) in [5, 5.41) is 11.7. The van der Waals surface area contributed by atoms with E-state index in [9.17, 15) is 0 Å². The van der Waals surface area contributed by atoms with E-state index >= 15 is 0 Å². The first-order valence-corrected chi connectivity index (χ1v) is 23.0. The SMILES string of the molecule is c1ccc(-c2cccc(-c3nc(-c4cccc(-c5ccccc5)c4)nc(-c4ccc5c(c4)oc4cc(-n6c7cc8ccccc8cc7c7cc8ccccc8cc76)c6ccccc6c45)n3)c2)cc1. The van der Waals surface area contributed by atoms with Gasteiger partial charge in [-0.2, -0.15) is 0 Å². The molecule has 0 aliphatic rings. The molecule has 0 aliphatic carbocycles. The summed E-state index contributed by atoms with van der Waals surface area (Å²) in [6.45, 7) is 0. The molecule has 11 aromatic carbocycles. The Hall–Kier alpha value is -9.19. The molecule has 0 unspecified atom stereocenters. The molecule has 0 aliphatic heterocycles. The number of hydrogen-bond donors (Lipinski definition) is 0. The fourth-order valence-corrected chi connectivity index (χ4v) is 10.3. The summed E-state index contributed by atoms with van der Waals surface area (Å²) in [6, 6.07) is 81.7. The number of nitrogens with zero attached hydrogens (tertiary/aromatic N) is 4. The Balaban J connectivity index is 0.969. The van der Waals surface area contributed by atoms with E-state index in [1.807, 2.05) is 12.1 Å². The van der Waals surface area contributed by atoms with Crippen molar-refractivity contribution in [3.63, 3.8) is 0 Å². The van der Waals surface area contributed by atoms with Crippen molar-refractivity contribution in [3.8, 4) is 62.1 Å². The third-order valence-corrected chi connectivity index (χ3v) is 13.5. The normalized spacial score (nSPS) is 11.8. The Morgan fingerprint density at radius 3 is 1.26 bits per heavy atom. The van der Waals surface area contributed by atoms with Crippen molar-refractivity contribution in [2.24, 2.45) is 0 Å². The Kier molecular flexibility index (Phi) is 8.52. The van der Waals surface area contributed by atoms with E-state index in [4.69, 9.17) is 19.4 Å². The van der Waals surface area contributed by atoms with Gasteiger partial charge in [0.25, 0.3) is 0 Å². The van der Waals surface area contributed by atoms with Crippen LogP contribution in [0.25, 0.3) is 138 Å². The van der Waals surface area contributed by atoms with Gasteiger partial charge in [0, 0.05) is 49.7 Å². The van der Waals surface area contributed by atoms with Crippen LogP contribution in [0.15, 0.2) is 235 Å². The van der Waals surface area contributed by atoms with Crippen molar-refractivity contribution in [1.29, 1.82) is 0 Å². The maximum absolute atomic E-state index is 7.00. The highest BCUT2D eigenvalue weighted by molar-refractivity contribution is 6.23. The topological polar surface area (TPSA) is 56.7 Å². The largest absolute Gasteiger partial charge is 0.456 e. The first-order valence-electron chi connectivity index (χ1n) is 23.0. The van der Waals surface area contributed by atoms with Crippen LogP contribution >= 0.6 is 0 Å². The van der Waals surface area contributed by atoms with Crippen LogP contribution in [-0.2, 0) is 0 Å². The Labute approximate surface area is 390 Å². The first-order chi connectivity index (χ1) is 33.7. The molecule has 68 heavy (non-hydrogen) atoms. The standard InChI is InChI=1S/C63H38N4O/c1-3-15-39(16-4-1)41-23-13-25-47(31-41)61-64-62(48-26-14-24-42(32-48)40-17-5-2-6-18-40)66-63(65-61)49-29-30-52-58(37-49)68-59-38-57(50-27-11-12-28-51(50)60(52)59)67-55-35-45-21-9-7-19-43(45)33-53(55)54-34-44-20-8-10-22-46(44)36-56(54)67/h1-38H. The summed E-state index contributed by atoms with van der Waals surface area (Å²) in [5.41, 5.74) is 12.1. The van der Waals surface area contributed by atoms with Crippen LogP contribution in [0.2, 0.25) is 0 Å². The van der Waals surface area contributed by atoms with Crippen LogP contribution in [0.3, 0.4) is 0 Å². The minimum absolute atomic E-state index is 0.567. The molecule has 0 fully saturated rings. The Bertz CT molecular complexity index is 4130. The quantitative estimate of drug-likeness (QED) is 0.167. The number of benzene rings is 11. The lowest BCUT2D eigenvalue weighted by Gasteiger charge is -2.13. The van der Waals surface area contributed by atoms with Crippen molar-refractivity contribution in [2.75, 3.05) is 0 Å². The molecular weight excluding hydrogens is 829 g/mol. The van der Waals surface area contributed by atoms with Gasteiger partial charge in [0.1, 0.15) is 11.2 Å². The minimum Gasteiger partial charge on any atom is -0.456 e. The molecule has 3 heterocycles. The van der Waals surface area contributed by atoms with Gasteiger partial charge in [0.15, 0.2) is 17.5 Å². The summed E-state index contributed by atoms with van der Waals surface area (Å²) in [5.74, 6) is 1.76. The van der Waals surface area contributed by atoms with Gasteiger partial charge in [-0.25, -0.2) is 15.0 Å². The maximum Gasteiger partial charge on any atom is 0.164 e. The molecule has 5 heteroatoms. The van der Waals surface area contributed by atoms with Gasteiger partial charge in [-0.1, -0.05) is 176 Å². The van der Waals surface area contributed by atoms with Crippen molar-refractivity contribution in [3.05, 3.63) is 231 Å². The fourth-order valence-electron chi connectivity index (χ4n) is 10.3. The van der Waals surface area contributed by atoms with Crippen LogP contribution in [0.4, 0.5) is 0 Å². The summed E-state index contributed by atoms with van der Waals surface area (Å²) < 4.78 is 9.44. The summed E-state index contributed by atoms with van der Waals surface area (Å²) >= 11 is 0. The van der Waals surface area contributed by atoms with Crippen LogP contribution in [0.1, 0.15) is 0 Å². The molecule has 0 bridgehead atoms. The molecule has 14 rings (SSSR count). The van der Waals surface area contributed by atoms with Crippen molar-refractivity contribution in [2.45, 2.75) is 0 Å². The average molecular weight is 867 g/mol. The van der Waals surface area contributed by atoms with Gasteiger partial charge in [0.05, 0.1) is 16.7 Å². The number of fused-ring (bicyclic) bond motifs is 10. The molecule has 0 spiro atoms. The van der Waals surface area contributed by atoms with Gasteiger partial charge >= 0.3 is 0 Å². The predicted octanol–water partition coefficient (Wildman–Crippen LogP) is 16.7. The maximum atomic E-state index is 7.00. The summed E-state index contributed by atoms with van der Waals surface area (Å²) in [4.78, 5) is 15.6. The highest BCUT2D eigenvalue weighted by Crippen LogP contribution is 2.43. The molecule has 5 nitrogen and oxygen atoms in total. The molecule has 14 aromatic rings. The second-order valence-corrected chi connectivity index (χ2v) is 17.6. The Morgan fingerprint density at radius 2 is 0.721 bits per heavy atom. The highest BCUT2D eigenvalue weighted by Gasteiger charge is 2.21. The first kappa shape index (κ1) is 38.1. The molecule has 0 radical (unpaired) electrons. The number of rotatable bonds is 6. The molecular formula is C63H38N4O. The molecule has 0 N–H and O–H groups in total. The monoisotopic (exact) mass is 866 g/mol. The van der Waals surface area contributed by atoms with Gasteiger partial charge in [0.2, 0.25) is 0 Å². The number of furan rings is 1. The molecule has 0 amide bonds. The average Bonchev–Trinajstić information content (AvgIpc) is 3.93. The highest BCUT2D eigenvalue weighted by atomic mass is 16.3. The van der Waals surface area contributed by atoms with Gasteiger partial charge in [-0.3, -0.25) is 0 Å². The minimum atomic E-state index is 0.567. The van der Waals surface area contributed by atoms with E-state index < -0.39 is 0 Å². The van der Waals surface area contributed by atoms with Gasteiger partial charge < -0.3 is 8.98 Å². The van der Waals surface area contributed by atoms with E-state index in [-0.39, 0.29) is 0 Å². The second kappa shape index (κ2) is 15.2. The van der Waals surface area contributed by atoms with Crippen molar-refractivity contribution < 1.29 is 4.42 Å². The van der Waals surface area contributed by atoms with Crippen LogP contribution in [-0.4, -0.2) is 19.5 Å². The van der Waals surface area contributed by atoms with E-state index in [0.717, 1.165) is 88.4 Å². The second-order valence-electron chi connectivity index (χ2n) is 17.6. The number of hydrogen-bond acceptors (Lipinski definition) is 4. The third-order valence-electron chi connectivity index (χ3n) is 13.5. The number of aromatic nitrogens is 4. The lowest BCUT2D eigenvalue weighted by atomic mass is 10.0. The molecule has 0 atom stereocenters. The van der Waals surface area contributed by atoms with Crippen molar-refractivity contribution >= 4 is 76.1 Å². The zero-order chi connectivity index (χ0) is 44.7. The molecule has 0 saturated carbocycles. The predicted molar refractivity (Wildman–Crippen MR) is 281 cm³/mol. The zero-order valence-corrected chi connectivity index (χ0v) is 36.6. The van der Waals surface area contributed by atoms with E-state index in [2.05, 4.69) is 223 Å².